The van der Waals surface area contributed by atoms with E-state index in [1.807, 2.05) is 24.3 Å². The van der Waals surface area contributed by atoms with E-state index in [9.17, 15) is 9.18 Å². The van der Waals surface area contributed by atoms with Crippen LogP contribution in [0.4, 0.5) is 15.8 Å². The number of hydrogen-bond donors (Lipinski definition) is 1. The van der Waals surface area contributed by atoms with Crippen molar-refractivity contribution in [2.45, 2.75) is 6.92 Å². The van der Waals surface area contributed by atoms with Crippen LogP contribution in [0, 0.1) is 5.82 Å². The summed E-state index contributed by atoms with van der Waals surface area (Å²) in [5, 5.41) is 3.03. The van der Waals surface area contributed by atoms with Crippen molar-refractivity contribution in [1.82, 2.24) is 4.90 Å². The van der Waals surface area contributed by atoms with Crippen molar-refractivity contribution in [3.63, 3.8) is 0 Å². The number of likely N-dealkylation sites (N-methyl/N-ethyl adjacent to an activating group) is 1. The van der Waals surface area contributed by atoms with Crippen LogP contribution < -0.4 is 15.0 Å². The molecule has 0 unspecified atom stereocenters. The summed E-state index contributed by atoms with van der Waals surface area (Å²) < 4.78 is 18.5. The van der Waals surface area contributed by atoms with Gasteiger partial charge in [-0.3, -0.25) is 4.79 Å². The van der Waals surface area contributed by atoms with Crippen molar-refractivity contribution in [1.29, 1.82) is 0 Å². The number of nitrogens with one attached hydrogen (secondary N) is 1. The highest BCUT2D eigenvalue weighted by Crippen LogP contribution is 2.27. The van der Waals surface area contributed by atoms with Crippen LogP contribution in [0.15, 0.2) is 42.5 Å². The number of anilines is 2. The van der Waals surface area contributed by atoms with Crippen LogP contribution in [0.5, 0.6) is 5.75 Å². The number of piperazine rings is 1. The van der Waals surface area contributed by atoms with Gasteiger partial charge >= 0.3 is 0 Å². The lowest BCUT2D eigenvalue weighted by Gasteiger charge is -2.36. The summed E-state index contributed by atoms with van der Waals surface area (Å²) in [6.45, 7) is 6.86. The van der Waals surface area contributed by atoms with Crippen LogP contribution in [0.1, 0.15) is 6.92 Å². The fraction of sp³-hybridized carbons (Fsp3) is 0.350. The molecule has 0 saturated carbocycles. The van der Waals surface area contributed by atoms with Gasteiger partial charge in [0.15, 0.2) is 6.61 Å². The van der Waals surface area contributed by atoms with E-state index in [-0.39, 0.29) is 23.3 Å². The molecule has 0 radical (unpaired) electrons. The van der Waals surface area contributed by atoms with Crippen LogP contribution >= 0.6 is 11.6 Å². The highest BCUT2D eigenvalue weighted by atomic mass is 35.5. The first-order chi connectivity index (χ1) is 13.1. The fourth-order valence-electron chi connectivity index (χ4n) is 3.08. The van der Waals surface area contributed by atoms with Crippen molar-refractivity contribution in [2.75, 3.05) is 49.5 Å². The molecule has 0 spiro atoms. The SMILES string of the molecule is CCN1CCN(c2ccccc2NC(=O)COc2ccc(F)cc2Cl)CC1. The zero-order valence-corrected chi connectivity index (χ0v) is 16.0. The third-order valence-electron chi connectivity index (χ3n) is 4.59. The van der Waals surface area contributed by atoms with Gasteiger partial charge in [0.1, 0.15) is 11.6 Å². The Labute approximate surface area is 163 Å². The lowest BCUT2D eigenvalue weighted by Crippen LogP contribution is -2.46. The molecule has 1 aliphatic heterocycles. The molecule has 0 aliphatic carbocycles. The van der Waals surface area contributed by atoms with Gasteiger partial charge in [0.2, 0.25) is 0 Å². The number of ether oxygens (including phenoxy) is 1. The van der Waals surface area contributed by atoms with E-state index in [0.717, 1.165) is 50.2 Å². The number of benzene rings is 2. The molecule has 1 amide bonds. The number of hydrogen-bond acceptors (Lipinski definition) is 4. The second kappa shape index (κ2) is 9.06. The Kier molecular flexibility index (Phi) is 6.53. The molecule has 1 saturated heterocycles. The first-order valence-corrected chi connectivity index (χ1v) is 9.38. The van der Waals surface area contributed by atoms with Crippen molar-refractivity contribution >= 4 is 28.9 Å². The first-order valence-electron chi connectivity index (χ1n) is 9.01. The molecular weight excluding hydrogens is 369 g/mol. The molecule has 0 aromatic heterocycles. The minimum atomic E-state index is -0.450. The summed E-state index contributed by atoms with van der Waals surface area (Å²) in [6.07, 6.45) is 0. The second-order valence-corrected chi connectivity index (χ2v) is 6.76. The monoisotopic (exact) mass is 391 g/mol. The lowest BCUT2D eigenvalue weighted by molar-refractivity contribution is -0.118. The number of halogens is 2. The molecule has 144 valence electrons. The summed E-state index contributed by atoms with van der Waals surface area (Å²) in [5.74, 6) is -0.471. The average Bonchev–Trinajstić information content (AvgIpc) is 2.68. The molecule has 0 atom stereocenters. The maximum atomic E-state index is 13.1. The van der Waals surface area contributed by atoms with E-state index >= 15 is 0 Å². The summed E-state index contributed by atoms with van der Waals surface area (Å²) in [4.78, 5) is 17.0. The van der Waals surface area contributed by atoms with E-state index < -0.39 is 5.82 Å². The van der Waals surface area contributed by atoms with E-state index in [1.165, 1.54) is 12.1 Å². The normalized spacial score (nSPS) is 14.9. The van der Waals surface area contributed by atoms with Crippen LogP contribution in [-0.4, -0.2) is 50.1 Å². The highest BCUT2D eigenvalue weighted by Gasteiger charge is 2.19. The maximum Gasteiger partial charge on any atom is 0.262 e. The fourth-order valence-corrected chi connectivity index (χ4v) is 3.30. The molecule has 1 heterocycles. The summed E-state index contributed by atoms with van der Waals surface area (Å²) in [7, 11) is 0. The standard InChI is InChI=1S/C20H23ClFN3O2/c1-2-24-9-11-25(12-10-24)18-6-4-3-5-17(18)23-20(26)14-27-19-8-7-15(22)13-16(19)21/h3-8,13H,2,9-12,14H2,1H3,(H,23,26). The molecule has 5 nitrogen and oxygen atoms in total. The number of carbonyl (C=O) groups excluding carboxylic acids is 1. The summed E-state index contributed by atoms with van der Waals surface area (Å²) >= 11 is 5.92. The molecule has 1 fully saturated rings. The Morgan fingerprint density at radius 1 is 1.19 bits per heavy atom. The van der Waals surface area contributed by atoms with Gasteiger partial charge in [-0.15, -0.1) is 0 Å². The van der Waals surface area contributed by atoms with Gasteiger partial charge in [-0.1, -0.05) is 30.7 Å². The number of amides is 1. The zero-order chi connectivity index (χ0) is 19.2. The van der Waals surface area contributed by atoms with E-state index in [2.05, 4.69) is 22.0 Å². The smallest absolute Gasteiger partial charge is 0.262 e. The summed E-state index contributed by atoms with van der Waals surface area (Å²) in [6, 6.07) is 11.5. The second-order valence-electron chi connectivity index (χ2n) is 6.35. The third kappa shape index (κ3) is 5.11. The Morgan fingerprint density at radius 3 is 2.63 bits per heavy atom. The maximum absolute atomic E-state index is 13.1. The highest BCUT2D eigenvalue weighted by molar-refractivity contribution is 6.32. The van der Waals surface area contributed by atoms with Crippen molar-refractivity contribution in [2.24, 2.45) is 0 Å². The van der Waals surface area contributed by atoms with Crippen LogP contribution in [0.3, 0.4) is 0 Å². The van der Waals surface area contributed by atoms with Gasteiger partial charge in [0.25, 0.3) is 5.91 Å². The van der Waals surface area contributed by atoms with Gasteiger partial charge in [0.05, 0.1) is 16.4 Å². The number of para-hydroxylation sites is 2. The molecular formula is C20H23ClFN3O2. The molecule has 1 N–H and O–H groups in total. The molecule has 2 aromatic rings. The van der Waals surface area contributed by atoms with Crippen molar-refractivity contribution < 1.29 is 13.9 Å². The Bertz CT molecular complexity index is 795. The Hall–Kier alpha value is -2.31. The molecule has 2 aromatic carbocycles. The Balaban J connectivity index is 1.61. The largest absolute Gasteiger partial charge is 0.482 e. The van der Waals surface area contributed by atoms with Gasteiger partial charge in [-0.25, -0.2) is 4.39 Å². The van der Waals surface area contributed by atoms with Gasteiger partial charge in [-0.05, 0) is 36.9 Å². The van der Waals surface area contributed by atoms with E-state index in [4.69, 9.17) is 16.3 Å². The number of carbonyl (C=O) groups is 1. The van der Waals surface area contributed by atoms with Crippen LogP contribution in [-0.2, 0) is 4.79 Å². The topological polar surface area (TPSA) is 44.8 Å². The number of rotatable bonds is 6. The third-order valence-corrected chi connectivity index (χ3v) is 4.89. The summed E-state index contributed by atoms with van der Waals surface area (Å²) in [5.41, 5.74) is 1.75. The van der Waals surface area contributed by atoms with E-state index in [1.54, 1.807) is 0 Å². The van der Waals surface area contributed by atoms with Gasteiger partial charge in [0, 0.05) is 26.2 Å². The molecule has 7 heteroatoms. The molecule has 0 bridgehead atoms. The predicted molar refractivity (Wildman–Crippen MR) is 106 cm³/mol. The lowest BCUT2D eigenvalue weighted by atomic mass is 10.2. The molecule has 3 rings (SSSR count). The first kappa shape index (κ1) is 19.5. The zero-order valence-electron chi connectivity index (χ0n) is 15.3. The van der Waals surface area contributed by atoms with Crippen LogP contribution in [0.2, 0.25) is 5.02 Å². The molecule has 1 aliphatic rings. The Morgan fingerprint density at radius 2 is 1.93 bits per heavy atom. The average molecular weight is 392 g/mol. The van der Waals surface area contributed by atoms with Crippen molar-refractivity contribution in [3.05, 3.63) is 53.3 Å². The minimum Gasteiger partial charge on any atom is -0.482 e. The van der Waals surface area contributed by atoms with Crippen molar-refractivity contribution in [3.8, 4) is 5.75 Å². The minimum absolute atomic E-state index is 0.136. The van der Waals surface area contributed by atoms with Crippen LogP contribution in [0.25, 0.3) is 0 Å². The van der Waals surface area contributed by atoms with Gasteiger partial charge < -0.3 is 19.9 Å². The van der Waals surface area contributed by atoms with Gasteiger partial charge in [-0.2, -0.15) is 0 Å². The quantitative estimate of drug-likeness (QED) is 0.816. The molecule has 27 heavy (non-hydrogen) atoms. The predicted octanol–water partition coefficient (Wildman–Crippen LogP) is 3.64. The number of nitrogens with zero attached hydrogens (tertiary/aromatic N) is 2. The van der Waals surface area contributed by atoms with E-state index in [0.29, 0.717) is 0 Å².